The van der Waals surface area contributed by atoms with Crippen molar-refractivity contribution in [2.45, 2.75) is 83.6 Å². The summed E-state index contributed by atoms with van der Waals surface area (Å²) < 4.78 is 25.9. The van der Waals surface area contributed by atoms with Gasteiger partial charge in [0.1, 0.15) is 30.6 Å². The molecule has 7 atom stereocenters. The van der Waals surface area contributed by atoms with Crippen LogP contribution in [-0.2, 0) is 30.8 Å². The fourth-order valence-corrected chi connectivity index (χ4v) is 7.94. The van der Waals surface area contributed by atoms with Crippen LogP contribution in [0.3, 0.4) is 0 Å². The number of fused-ring (bicyclic) bond motifs is 2. The monoisotopic (exact) mass is 576 g/mol. The normalized spacial score (nSPS) is 29.7. The first-order chi connectivity index (χ1) is 18.6. The second-order valence-corrected chi connectivity index (χ2v) is 15.3. The van der Waals surface area contributed by atoms with E-state index in [-0.39, 0.29) is 34.2 Å². The van der Waals surface area contributed by atoms with Gasteiger partial charge in [0.05, 0.1) is 25.4 Å². The van der Waals surface area contributed by atoms with Crippen molar-refractivity contribution in [1.82, 2.24) is 20.9 Å². The first-order valence-electron chi connectivity index (χ1n) is 14.3. The van der Waals surface area contributed by atoms with Crippen molar-refractivity contribution in [1.29, 1.82) is 0 Å². The molecule has 2 fully saturated rings. The third-order valence-electron chi connectivity index (χ3n) is 9.38. The Balaban J connectivity index is 1.66. The maximum Gasteiger partial charge on any atom is 0.294 e. The van der Waals surface area contributed by atoms with Gasteiger partial charge in [-0.2, -0.15) is 8.42 Å². The van der Waals surface area contributed by atoms with E-state index in [1.165, 1.54) is 11.8 Å². The van der Waals surface area contributed by atoms with Crippen LogP contribution in [0.5, 0.6) is 0 Å². The Kier molecular flexibility index (Phi) is 8.42. The van der Waals surface area contributed by atoms with E-state index in [9.17, 15) is 22.8 Å². The lowest BCUT2D eigenvalue weighted by atomic mass is 9.84. The molecule has 11 heteroatoms. The SMILES string of the molecule is CNC(C)C(=O)NC(C(=O)N1CCC2C1C(C(=O)NC1CCCc3ccccc31)C[N+]2(C)S(C)(=O)=O)C(C)(C)C. The summed E-state index contributed by atoms with van der Waals surface area (Å²) in [5.74, 6) is -1.49. The fourth-order valence-electron chi connectivity index (χ4n) is 6.79. The Morgan fingerprint density at radius 1 is 1.12 bits per heavy atom. The van der Waals surface area contributed by atoms with E-state index >= 15 is 0 Å². The summed E-state index contributed by atoms with van der Waals surface area (Å²) in [6, 6.07) is 5.62. The third-order valence-corrected chi connectivity index (χ3v) is 11.3. The van der Waals surface area contributed by atoms with E-state index in [4.69, 9.17) is 0 Å². The molecule has 222 valence electrons. The third kappa shape index (κ3) is 5.52. The van der Waals surface area contributed by atoms with Crippen LogP contribution in [-0.4, -0.2) is 92.5 Å². The Morgan fingerprint density at radius 3 is 2.42 bits per heavy atom. The Morgan fingerprint density at radius 2 is 1.80 bits per heavy atom. The number of rotatable bonds is 7. The summed E-state index contributed by atoms with van der Waals surface area (Å²) in [4.78, 5) is 42.7. The van der Waals surface area contributed by atoms with Gasteiger partial charge in [-0.15, -0.1) is 0 Å². The molecule has 0 aromatic heterocycles. The van der Waals surface area contributed by atoms with Gasteiger partial charge in [0.2, 0.25) is 17.7 Å². The molecule has 2 heterocycles. The number of aryl methyl sites for hydroxylation is 1. The molecular weight excluding hydrogens is 530 g/mol. The summed E-state index contributed by atoms with van der Waals surface area (Å²) in [6.07, 6.45) is 4.41. The topological polar surface area (TPSA) is 125 Å². The number of nitrogens with zero attached hydrogens (tertiary/aromatic N) is 2. The second kappa shape index (κ2) is 11.1. The molecule has 0 saturated carbocycles. The Hall–Kier alpha value is -2.50. The van der Waals surface area contributed by atoms with E-state index in [1.54, 1.807) is 25.9 Å². The van der Waals surface area contributed by atoms with E-state index in [2.05, 4.69) is 22.0 Å². The van der Waals surface area contributed by atoms with Crippen molar-refractivity contribution in [3.63, 3.8) is 0 Å². The van der Waals surface area contributed by atoms with Crippen LogP contribution in [0.1, 0.15) is 64.1 Å². The van der Waals surface area contributed by atoms with Crippen molar-refractivity contribution >= 4 is 27.7 Å². The van der Waals surface area contributed by atoms with Crippen LogP contribution in [0.2, 0.25) is 0 Å². The lowest BCUT2D eigenvalue weighted by molar-refractivity contribution is -0.798. The molecule has 3 aliphatic rings. The first-order valence-corrected chi connectivity index (χ1v) is 16.2. The lowest BCUT2D eigenvalue weighted by Crippen LogP contribution is -2.60. The molecule has 1 aliphatic carbocycles. The van der Waals surface area contributed by atoms with Crippen LogP contribution in [0.4, 0.5) is 0 Å². The highest BCUT2D eigenvalue weighted by Gasteiger charge is 2.64. The quantitative estimate of drug-likeness (QED) is 0.421. The van der Waals surface area contributed by atoms with Gasteiger partial charge in [-0.05, 0) is 49.8 Å². The van der Waals surface area contributed by atoms with Gasteiger partial charge in [0.25, 0.3) is 10.0 Å². The second-order valence-electron chi connectivity index (χ2n) is 13.0. The number of likely N-dealkylation sites (N-methyl/N-ethyl adjacent to an activating group) is 2. The fraction of sp³-hybridized carbons (Fsp3) is 0.690. The molecular formula is C29H46N5O5S+. The molecule has 1 aromatic rings. The van der Waals surface area contributed by atoms with Gasteiger partial charge in [0, 0.05) is 13.0 Å². The lowest BCUT2D eigenvalue weighted by Gasteiger charge is -2.37. The zero-order valence-electron chi connectivity index (χ0n) is 24.9. The molecule has 2 aliphatic heterocycles. The highest BCUT2D eigenvalue weighted by molar-refractivity contribution is 7.85. The van der Waals surface area contributed by atoms with Crippen LogP contribution in [0.15, 0.2) is 24.3 Å². The molecule has 3 N–H and O–H groups in total. The maximum absolute atomic E-state index is 14.2. The Labute approximate surface area is 238 Å². The predicted molar refractivity (Wildman–Crippen MR) is 153 cm³/mol. The van der Waals surface area contributed by atoms with E-state index in [0.717, 1.165) is 24.8 Å². The number of carbonyl (C=O) groups excluding carboxylic acids is 3. The number of hydrogen-bond acceptors (Lipinski definition) is 6. The minimum atomic E-state index is -3.59. The summed E-state index contributed by atoms with van der Waals surface area (Å²) in [7, 11) is -0.246. The number of sulfonamides is 1. The molecule has 0 radical (unpaired) electrons. The maximum atomic E-state index is 14.2. The van der Waals surface area contributed by atoms with Crippen molar-refractivity contribution < 1.29 is 26.7 Å². The average Bonchev–Trinajstić information content (AvgIpc) is 3.45. The number of nitrogens with one attached hydrogen (secondary N) is 3. The molecule has 10 nitrogen and oxygen atoms in total. The molecule has 3 amide bonds. The number of quaternary nitrogens is 1. The van der Waals surface area contributed by atoms with E-state index in [1.807, 2.05) is 39.0 Å². The Bertz CT molecular complexity index is 1260. The van der Waals surface area contributed by atoms with Crippen molar-refractivity contribution in [3.8, 4) is 0 Å². The minimum absolute atomic E-state index is 0.0987. The molecule has 40 heavy (non-hydrogen) atoms. The summed E-state index contributed by atoms with van der Waals surface area (Å²) in [5, 5.41) is 9.06. The molecule has 0 spiro atoms. The number of hydrogen-bond donors (Lipinski definition) is 3. The van der Waals surface area contributed by atoms with Crippen LogP contribution >= 0.6 is 0 Å². The van der Waals surface area contributed by atoms with Gasteiger partial charge in [-0.3, -0.25) is 14.4 Å². The van der Waals surface area contributed by atoms with Gasteiger partial charge >= 0.3 is 0 Å². The van der Waals surface area contributed by atoms with Crippen molar-refractivity contribution in [2.24, 2.45) is 11.3 Å². The largest absolute Gasteiger partial charge is 0.349 e. The van der Waals surface area contributed by atoms with E-state index < -0.39 is 45.5 Å². The van der Waals surface area contributed by atoms with Gasteiger partial charge in [-0.25, -0.2) is 3.89 Å². The van der Waals surface area contributed by atoms with Crippen molar-refractivity contribution in [2.75, 3.05) is 33.4 Å². The number of amides is 3. The van der Waals surface area contributed by atoms with E-state index in [0.29, 0.717) is 13.0 Å². The van der Waals surface area contributed by atoms with Gasteiger partial charge in [0.15, 0.2) is 0 Å². The zero-order chi connectivity index (χ0) is 29.6. The molecule has 7 unspecified atom stereocenters. The summed E-state index contributed by atoms with van der Waals surface area (Å²) in [5.41, 5.74) is 1.72. The number of benzene rings is 1. The number of carbonyl (C=O) groups is 3. The van der Waals surface area contributed by atoms with Gasteiger partial charge < -0.3 is 20.9 Å². The number of likely N-dealkylation sites (tertiary alicyclic amines) is 2. The molecule has 4 rings (SSSR count). The van der Waals surface area contributed by atoms with Crippen LogP contribution in [0.25, 0.3) is 0 Å². The predicted octanol–water partition coefficient (Wildman–Crippen LogP) is 1.32. The van der Waals surface area contributed by atoms with Crippen LogP contribution < -0.4 is 16.0 Å². The van der Waals surface area contributed by atoms with Gasteiger partial charge in [-0.1, -0.05) is 45.0 Å². The minimum Gasteiger partial charge on any atom is -0.349 e. The standard InChI is InChI=1S/C29H45N5O5S/c1-18(30-5)26(35)32-25(29(2,3)4)28(37)33-16-15-23-24(33)21(17-34(23,6)40(7,38)39)27(36)31-22-14-10-12-19-11-8-9-13-20(19)22/h8-9,11,13,18,21-25,30H,10,12,14-17H2,1-7H3,(H-,31,32,35,36)/p+1. The smallest absolute Gasteiger partial charge is 0.294 e. The summed E-state index contributed by atoms with van der Waals surface area (Å²) in [6.45, 7) is 7.83. The molecule has 2 saturated heterocycles. The first kappa shape index (κ1) is 30.5. The highest BCUT2D eigenvalue weighted by Crippen LogP contribution is 2.43. The molecule has 0 bridgehead atoms. The average molecular weight is 577 g/mol. The molecule has 1 aromatic carbocycles. The summed E-state index contributed by atoms with van der Waals surface area (Å²) >= 11 is 0. The van der Waals surface area contributed by atoms with Crippen LogP contribution in [0, 0.1) is 11.3 Å². The zero-order valence-corrected chi connectivity index (χ0v) is 25.7. The highest BCUT2D eigenvalue weighted by atomic mass is 32.2. The van der Waals surface area contributed by atoms with Crippen molar-refractivity contribution in [3.05, 3.63) is 35.4 Å².